The van der Waals surface area contributed by atoms with E-state index in [4.69, 9.17) is 0 Å². The second kappa shape index (κ2) is 9.76. The van der Waals surface area contributed by atoms with Gasteiger partial charge >= 0.3 is 0 Å². The molecule has 1 atom stereocenters. The first-order chi connectivity index (χ1) is 14.4. The van der Waals surface area contributed by atoms with Crippen molar-refractivity contribution in [1.29, 1.82) is 0 Å². The predicted octanol–water partition coefficient (Wildman–Crippen LogP) is 3.48. The van der Waals surface area contributed by atoms with E-state index in [-0.39, 0.29) is 24.4 Å². The van der Waals surface area contributed by atoms with E-state index >= 15 is 0 Å². The summed E-state index contributed by atoms with van der Waals surface area (Å²) < 4.78 is 26.5. The normalized spacial score (nSPS) is 11.6. The van der Waals surface area contributed by atoms with Gasteiger partial charge in [-0.25, -0.2) is 8.78 Å². The fourth-order valence-corrected chi connectivity index (χ4v) is 2.93. The Hall–Kier alpha value is -3.58. The molecule has 4 N–H and O–H groups in total. The van der Waals surface area contributed by atoms with E-state index in [1.54, 1.807) is 48.6 Å². The fourth-order valence-electron chi connectivity index (χ4n) is 2.93. The standard InChI is InChI=1S/C23H21F2N3O2/c1-15(16-11-12-19(24)20(25)13-16)26-14-22(29)28-21-10-6-5-9-18(21)23(30)27-17-7-3-2-4-8-17/h2-13,15,26H,14H2,1H3,(H,27,30)(H,28,29)/p+1. The first kappa shape index (κ1) is 21.1. The highest BCUT2D eigenvalue weighted by Gasteiger charge is 2.16. The molecule has 0 aliphatic rings. The summed E-state index contributed by atoms with van der Waals surface area (Å²) in [6.45, 7) is 1.84. The number of benzene rings is 3. The van der Waals surface area contributed by atoms with Gasteiger partial charge in [0.15, 0.2) is 18.2 Å². The molecule has 30 heavy (non-hydrogen) atoms. The Labute approximate surface area is 173 Å². The molecule has 0 aliphatic heterocycles. The summed E-state index contributed by atoms with van der Waals surface area (Å²) in [6, 6.07) is 19.2. The molecule has 0 radical (unpaired) electrons. The number of carbonyl (C=O) groups is 2. The Morgan fingerprint density at radius 2 is 1.60 bits per heavy atom. The number of nitrogens with one attached hydrogen (secondary N) is 2. The van der Waals surface area contributed by atoms with Crippen LogP contribution in [0.25, 0.3) is 0 Å². The van der Waals surface area contributed by atoms with Crippen LogP contribution in [0, 0.1) is 11.6 Å². The lowest BCUT2D eigenvalue weighted by molar-refractivity contribution is -0.682. The molecule has 0 spiro atoms. The summed E-state index contributed by atoms with van der Waals surface area (Å²) >= 11 is 0. The summed E-state index contributed by atoms with van der Waals surface area (Å²) in [5, 5.41) is 7.23. The zero-order chi connectivity index (χ0) is 21.5. The van der Waals surface area contributed by atoms with E-state index < -0.39 is 11.6 Å². The Kier molecular flexibility index (Phi) is 6.87. The minimum Gasteiger partial charge on any atom is -0.333 e. The molecule has 3 rings (SSSR count). The smallest absolute Gasteiger partial charge is 0.279 e. The van der Waals surface area contributed by atoms with Crippen molar-refractivity contribution in [1.82, 2.24) is 0 Å². The number of amides is 2. The van der Waals surface area contributed by atoms with Crippen molar-refractivity contribution in [3.05, 3.63) is 95.6 Å². The van der Waals surface area contributed by atoms with E-state index in [9.17, 15) is 18.4 Å². The molecular formula is C23H22F2N3O2+. The molecule has 1 unspecified atom stereocenters. The van der Waals surface area contributed by atoms with Crippen molar-refractivity contribution in [2.24, 2.45) is 0 Å². The lowest BCUT2D eigenvalue weighted by atomic mass is 10.1. The fraction of sp³-hybridized carbons (Fsp3) is 0.130. The lowest BCUT2D eigenvalue weighted by Gasteiger charge is -2.13. The average molecular weight is 410 g/mol. The molecule has 3 aromatic carbocycles. The van der Waals surface area contributed by atoms with E-state index in [1.807, 2.05) is 18.2 Å². The molecule has 0 fully saturated rings. The first-order valence-electron chi connectivity index (χ1n) is 9.47. The molecule has 0 heterocycles. The lowest BCUT2D eigenvalue weighted by Crippen LogP contribution is -2.86. The van der Waals surface area contributed by atoms with Crippen LogP contribution in [0.2, 0.25) is 0 Å². The minimum atomic E-state index is -0.921. The summed E-state index contributed by atoms with van der Waals surface area (Å²) in [4.78, 5) is 25.0. The van der Waals surface area contributed by atoms with Gasteiger partial charge < -0.3 is 16.0 Å². The zero-order valence-corrected chi connectivity index (χ0v) is 16.4. The quantitative estimate of drug-likeness (QED) is 0.558. The van der Waals surface area contributed by atoms with Crippen LogP contribution in [0.1, 0.15) is 28.9 Å². The third kappa shape index (κ3) is 5.48. The molecule has 0 bridgehead atoms. The van der Waals surface area contributed by atoms with Crippen molar-refractivity contribution in [3.63, 3.8) is 0 Å². The van der Waals surface area contributed by atoms with Crippen LogP contribution in [-0.2, 0) is 4.79 Å². The maximum absolute atomic E-state index is 13.4. The topological polar surface area (TPSA) is 74.8 Å². The number of rotatable bonds is 7. The number of para-hydroxylation sites is 2. The Bertz CT molecular complexity index is 1040. The van der Waals surface area contributed by atoms with Crippen molar-refractivity contribution in [2.75, 3.05) is 17.2 Å². The van der Waals surface area contributed by atoms with Gasteiger partial charge in [0.2, 0.25) is 0 Å². The van der Waals surface area contributed by atoms with Gasteiger partial charge in [-0.15, -0.1) is 0 Å². The highest BCUT2D eigenvalue weighted by atomic mass is 19.2. The van der Waals surface area contributed by atoms with Crippen LogP contribution in [0.15, 0.2) is 72.8 Å². The molecule has 3 aromatic rings. The predicted molar refractivity (Wildman–Crippen MR) is 111 cm³/mol. The number of halogens is 2. The van der Waals surface area contributed by atoms with Crippen LogP contribution in [0.3, 0.4) is 0 Å². The van der Waals surface area contributed by atoms with Gasteiger partial charge in [-0.05, 0) is 49.4 Å². The SMILES string of the molecule is CC([NH2+]CC(=O)Nc1ccccc1C(=O)Nc1ccccc1)c1ccc(F)c(F)c1. The Morgan fingerprint density at radius 3 is 2.33 bits per heavy atom. The van der Waals surface area contributed by atoms with E-state index in [0.29, 0.717) is 22.5 Å². The van der Waals surface area contributed by atoms with E-state index in [0.717, 1.165) is 12.1 Å². The highest BCUT2D eigenvalue weighted by molar-refractivity contribution is 6.10. The summed E-state index contributed by atoms with van der Waals surface area (Å²) in [7, 11) is 0. The third-order valence-corrected chi connectivity index (χ3v) is 4.60. The Balaban J connectivity index is 1.61. The summed E-state index contributed by atoms with van der Waals surface area (Å²) in [5.41, 5.74) is 1.95. The van der Waals surface area contributed by atoms with Gasteiger partial charge in [-0.3, -0.25) is 9.59 Å². The number of anilines is 2. The van der Waals surface area contributed by atoms with Crippen LogP contribution in [-0.4, -0.2) is 18.4 Å². The monoisotopic (exact) mass is 410 g/mol. The average Bonchev–Trinajstić information content (AvgIpc) is 2.75. The van der Waals surface area contributed by atoms with Crippen LogP contribution < -0.4 is 16.0 Å². The zero-order valence-electron chi connectivity index (χ0n) is 16.4. The van der Waals surface area contributed by atoms with Crippen molar-refractivity contribution >= 4 is 23.2 Å². The molecular weight excluding hydrogens is 388 g/mol. The second-order valence-electron chi connectivity index (χ2n) is 6.82. The highest BCUT2D eigenvalue weighted by Crippen LogP contribution is 2.17. The largest absolute Gasteiger partial charge is 0.333 e. The molecule has 154 valence electrons. The van der Waals surface area contributed by atoms with Crippen molar-refractivity contribution in [2.45, 2.75) is 13.0 Å². The third-order valence-electron chi connectivity index (χ3n) is 4.60. The van der Waals surface area contributed by atoms with Crippen molar-refractivity contribution in [3.8, 4) is 0 Å². The number of quaternary nitrogens is 1. The maximum Gasteiger partial charge on any atom is 0.279 e. The number of hydrogen-bond donors (Lipinski definition) is 3. The molecule has 2 amide bonds. The molecule has 7 heteroatoms. The number of nitrogens with two attached hydrogens (primary N) is 1. The van der Waals surface area contributed by atoms with E-state index in [2.05, 4.69) is 10.6 Å². The Morgan fingerprint density at radius 1 is 0.900 bits per heavy atom. The van der Waals surface area contributed by atoms with Gasteiger partial charge in [0.25, 0.3) is 11.8 Å². The van der Waals surface area contributed by atoms with Gasteiger partial charge in [0.1, 0.15) is 6.04 Å². The van der Waals surface area contributed by atoms with Gasteiger partial charge in [-0.2, -0.15) is 0 Å². The number of carbonyl (C=O) groups excluding carboxylic acids is 2. The van der Waals surface area contributed by atoms with Crippen LogP contribution >= 0.6 is 0 Å². The first-order valence-corrected chi connectivity index (χ1v) is 9.47. The molecule has 0 saturated heterocycles. The van der Waals surface area contributed by atoms with E-state index in [1.165, 1.54) is 6.07 Å². The maximum atomic E-state index is 13.4. The van der Waals surface area contributed by atoms with Gasteiger partial charge in [0.05, 0.1) is 11.3 Å². The number of hydrogen-bond acceptors (Lipinski definition) is 2. The molecule has 0 aromatic heterocycles. The van der Waals surface area contributed by atoms with Gasteiger partial charge in [-0.1, -0.05) is 30.3 Å². The molecule has 0 saturated carbocycles. The minimum absolute atomic E-state index is 0.0504. The summed E-state index contributed by atoms with van der Waals surface area (Å²) in [5.74, 6) is -2.48. The van der Waals surface area contributed by atoms with Crippen LogP contribution in [0.4, 0.5) is 20.2 Å². The second-order valence-corrected chi connectivity index (χ2v) is 6.82. The summed E-state index contributed by atoms with van der Waals surface area (Å²) in [6.07, 6.45) is 0. The van der Waals surface area contributed by atoms with Crippen LogP contribution in [0.5, 0.6) is 0 Å². The molecule has 5 nitrogen and oxygen atoms in total. The van der Waals surface area contributed by atoms with Crippen molar-refractivity contribution < 1.29 is 23.7 Å². The molecule has 0 aliphatic carbocycles. The van der Waals surface area contributed by atoms with Gasteiger partial charge in [0, 0.05) is 11.3 Å².